The van der Waals surface area contributed by atoms with E-state index in [9.17, 15) is 4.79 Å². The molecule has 1 aliphatic heterocycles. The first kappa shape index (κ1) is 25.1. The molecule has 9 heteroatoms. The van der Waals surface area contributed by atoms with Gasteiger partial charge in [0.05, 0.1) is 13.1 Å². The van der Waals surface area contributed by atoms with Crippen molar-refractivity contribution in [2.45, 2.75) is 26.9 Å². The number of hydrogen-bond acceptors (Lipinski definition) is 4. The summed E-state index contributed by atoms with van der Waals surface area (Å²) in [7, 11) is 0. The van der Waals surface area contributed by atoms with Crippen LogP contribution in [0.2, 0.25) is 0 Å². The van der Waals surface area contributed by atoms with Crippen molar-refractivity contribution in [2.75, 3.05) is 45.8 Å². The largest absolute Gasteiger partial charge is 0.357 e. The molecule has 3 rings (SSSR count). The lowest BCUT2D eigenvalue weighted by molar-refractivity contribution is -0.130. The van der Waals surface area contributed by atoms with E-state index in [2.05, 4.69) is 51.8 Å². The minimum atomic E-state index is 0. The van der Waals surface area contributed by atoms with E-state index in [0.29, 0.717) is 6.54 Å². The van der Waals surface area contributed by atoms with Crippen molar-refractivity contribution in [1.82, 2.24) is 30.2 Å². The van der Waals surface area contributed by atoms with Crippen LogP contribution in [0.4, 0.5) is 0 Å². The number of benzene rings is 1. The Morgan fingerprint density at radius 2 is 1.84 bits per heavy atom. The molecule has 0 saturated carbocycles. The number of halogens is 1. The molecule has 0 atom stereocenters. The number of aliphatic imine (C=N–C) groups is 1. The van der Waals surface area contributed by atoms with Crippen LogP contribution in [0.25, 0.3) is 0 Å². The van der Waals surface area contributed by atoms with Gasteiger partial charge in [0.15, 0.2) is 5.96 Å². The summed E-state index contributed by atoms with van der Waals surface area (Å²) in [6, 6.07) is 10.3. The van der Waals surface area contributed by atoms with Crippen LogP contribution in [0.15, 0.2) is 47.7 Å². The van der Waals surface area contributed by atoms with Crippen LogP contribution < -0.4 is 10.6 Å². The van der Waals surface area contributed by atoms with Gasteiger partial charge in [-0.15, -0.1) is 24.0 Å². The van der Waals surface area contributed by atoms with Crippen LogP contribution in [-0.4, -0.2) is 77.3 Å². The maximum Gasteiger partial charge on any atom is 0.219 e. The SMILES string of the molecule is CCNC(=NCc1ccccc1Cn1cccn1)NCCN1CCN(C(C)=O)CC1.I. The molecule has 1 saturated heterocycles. The van der Waals surface area contributed by atoms with Gasteiger partial charge in [0.1, 0.15) is 0 Å². The number of rotatable bonds is 8. The molecule has 1 aromatic heterocycles. The third kappa shape index (κ3) is 8.13. The summed E-state index contributed by atoms with van der Waals surface area (Å²) in [5.74, 6) is 0.996. The minimum absolute atomic E-state index is 0. The molecule has 1 amide bonds. The van der Waals surface area contributed by atoms with Crippen LogP contribution in [0.1, 0.15) is 25.0 Å². The molecule has 0 bridgehead atoms. The zero-order chi connectivity index (χ0) is 21.2. The monoisotopic (exact) mass is 539 g/mol. The number of nitrogens with zero attached hydrogens (tertiary/aromatic N) is 5. The second kappa shape index (κ2) is 13.3. The number of amides is 1. The Kier molecular flexibility index (Phi) is 10.8. The average Bonchev–Trinajstić information content (AvgIpc) is 3.26. The van der Waals surface area contributed by atoms with Crippen molar-refractivity contribution in [1.29, 1.82) is 0 Å². The van der Waals surface area contributed by atoms with Gasteiger partial charge in [0.25, 0.3) is 0 Å². The van der Waals surface area contributed by atoms with E-state index in [1.807, 2.05) is 21.8 Å². The highest BCUT2D eigenvalue weighted by Crippen LogP contribution is 2.11. The van der Waals surface area contributed by atoms with Crippen molar-refractivity contribution in [3.63, 3.8) is 0 Å². The fraction of sp³-hybridized carbons (Fsp3) is 0.500. The predicted molar refractivity (Wildman–Crippen MR) is 135 cm³/mol. The molecule has 2 heterocycles. The fourth-order valence-electron chi connectivity index (χ4n) is 3.56. The molecule has 1 aliphatic rings. The first-order valence-corrected chi connectivity index (χ1v) is 10.7. The number of aromatic nitrogens is 2. The fourth-order valence-corrected chi connectivity index (χ4v) is 3.56. The van der Waals surface area contributed by atoms with Gasteiger partial charge in [-0.3, -0.25) is 14.4 Å². The van der Waals surface area contributed by atoms with Gasteiger partial charge in [-0.05, 0) is 24.1 Å². The number of nitrogens with one attached hydrogen (secondary N) is 2. The maximum absolute atomic E-state index is 11.4. The Hall–Kier alpha value is -2.14. The van der Waals surface area contributed by atoms with Gasteiger partial charge in [-0.25, -0.2) is 4.99 Å². The Labute approximate surface area is 202 Å². The number of guanidine groups is 1. The van der Waals surface area contributed by atoms with Gasteiger partial charge >= 0.3 is 0 Å². The normalized spacial score (nSPS) is 14.8. The van der Waals surface area contributed by atoms with Crippen LogP contribution in [0.3, 0.4) is 0 Å². The molecule has 0 aliphatic carbocycles. The zero-order valence-corrected chi connectivity index (χ0v) is 20.8. The highest BCUT2D eigenvalue weighted by atomic mass is 127. The Morgan fingerprint density at radius 1 is 1.10 bits per heavy atom. The summed E-state index contributed by atoms with van der Waals surface area (Å²) in [6.07, 6.45) is 3.77. The first-order valence-electron chi connectivity index (χ1n) is 10.7. The molecule has 0 radical (unpaired) electrons. The van der Waals surface area contributed by atoms with E-state index < -0.39 is 0 Å². The minimum Gasteiger partial charge on any atom is -0.357 e. The standard InChI is InChI=1S/C22H33N7O.HI/c1-3-23-22(24-10-12-27-13-15-28(16-14-27)19(2)30)25-17-20-7-4-5-8-21(20)18-29-11-6-9-26-29;/h4-9,11H,3,10,12-18H2,1-2H3,(H2,23,24,25);1H. The second-order valence-corrected chi connectivity index (χ2v) is 7.44. The van der Waals surface area contributed by atoms with Crippen LogP contribution in [-0.2, 0) is 17.9 Å². The van der Waals surface area contributed by atoms with E-state index in [0.717, 1.165) is 58.3 Å². The number of carbonyl (C=O) groups is 1. The predicted octanol–water partition coefficient (Wildman–Crippen LogP) is 1.77. The topological polar surface area (TPSA) is 77.8 Å². The van der Waals surface area contributed by atoms with Crippen LogP contribution >= 0.6 is 24.0 Å². The molecular formula is C22H34IN7O. The summed E-state index contributed by atoms with van der Waals surface area (Å²) >= 11 is 0. The van der Waals surface area contributed by atoms with E-state index in [1.165, 1.54) is 11.1 Å². The lowest BCUT2D eigenvalue weighted by Crippen LogP contribution is -2.50. The smallest absolute Gasteiger partial charge is 0.219 e. The molecular weight excluding hydrogens is 505 g/mol. The molecule has 2 aromatic rings. The molecule has 8 nitrogen and oxygen atoms in total. The van der Waals surface area contributed by atoms with Gasteiger partial charge in [0.2, 0.25) is 5.91 Å². The Morgan fingerprint density at radius 3 is 2.48 bits per heavy atom. The maximum atomic E-state index is 11.4. The van der Waals surface area contributed by atoms with Gasteiger partial charge < -0.3 is 15.5 Å². The van der Waals surface area contributed by atoms with E-state index >= 15 is 0 Å². The highest BCUT2D eigenvalue weighted by Gasteiger charge is 2.17. The van der Waals surface area contributed by atoms with Crippen LogP contribution in [0.5, 0.6) is 0 Å². The van der Waals surface area contributed by atoms with Crippen LogP contribution in [0, 0.1) is 0 Å². The molecule has 1 fully saturated rings. The summed E-state index contributed by atoms with van der Waals surface area (Å²) < 4.78 is 1.93. The number of hydrogen-bond donors (Lipinski definition) is 2. The molecule has 170 valence electrons. The first-order chi connectivity index (χ1) is 14.7. The van der Waals surface area contributed by atoms with Crippen molar-refractivity contribution < 1.29 is 4.79 Å². The Balaban J connectivity index is 0.00000341. The highest BCUT2D eigenvalue weighted by molar-refractivity contribution is 14.0. The number of carbonyl (C=O) groups excluding carboxylic acids is 1. The molecule has 2 N–H and O–H groups in total. The lowest BCUT2D eigenvalue weighted by atomic mass is 10.1. The summed E-state index contributed by atoms with van der Waals surface area (Å²) in [5.41, 5.74) is 2.43. The van der Waals surface area contributed by atoms with E-state index in [-0.39, 0.29) is 29.9 Å². The summed E-state index contributed by atoms with van der Waals surface area (Å²) in [4.78, 5) is 20.5. The van der Waals surface area contributed by atoms with Crippen molar-refractivity contribution in [2.24, 2.45) is 4.99 Å². The van der Waals surface area contributed by atoms with Crippen molar-refractivity contribution in [3.8, 4) is 0 Å². The lowest BCUT2D eigenvalue weighted by Gasteiger charge is -2.34. The third-order valence-electron chi connectivity index (χ3n) is 5.30. The second-order valence-electron chi connectivity index (χ2n) is 7.44. The summed E-state index contributed by atoms with van der Waals surface area (Å²) in [5, 5.41) is 11.1. The Bertz CT molecular complexity index is 817. The van der Waals surface area contributed by atoms with Gasteiger partial charge in [-0.2, -0.15) is 5.10 Å². The van der Waals surface area contributed by atoms with E-state index in [4.69, 9.17) is 4.99 Å². The summed E-state index contributed by atoms with van der Waals surface area (Å²) in [6.45, 7) is 11.1. The molecule has 0 unspecified atom stereocenters. The third-order valence-corrected chi connectivity index (χ3v) is 5.30. The molecule has 31 heavy (non-hydrogen) atoms. The quantitative estimate of drug-likeness (QED) is 0.304. The zero-order valence-electron chi connectivity index (χ0n) is 18.5. The van der Waals surface area contributed by atoms with Crippen molar-refractivity contribution >= 4 is 35.8 Å². The van der Waals surface area contributed by atoms with Gasteiger partial charge in [0, 0.05) is 65.1 Å². The van der Waals surface area contributed by atoms with E-state index in [1.54, 1.807) is 13.1 Å². The average molecular weight is 539 g/mol. The van der Waals surface area contributed by atoms with Crippen molar-refractivity contribution in [3.05, 3.63) is 53.9 Å². The number of piperazine rings is 1. The molecule has 1 aromatic carbocycles. The molecule has 0 spiro atoms. The van der Waals surface area contributed by atoms with Gasteiger partial charge in [-0.1, -0.05) is 24.3 Å².